The molecule has 0 atom stereocenters. The molecule has 2 aromatic rings. The third-order valence-corrected chi connectivity index (χ3v) is 5.46. The first-order valence-electron chi connectivity index (χ1n) is 4.61. The SMILES string of the molecule is CN.Cc1c(I)c(I)cc2ccccc12. The molecule has 0 aliphatic carbocycles. The Morgan fingerprint density at radius 1 is 1.07 bits per heavy atom. The van der Waals surface area contributed by atoms with E-state index in [2.05, 4.69) is 88.2 Å². The zero-order valence-corrected chi connectivity index (χ0v) is 13.0. The van der Waals surface area contributed by atoms with E-state index in [1.807, 2.05) is 0 Å². The van der Waals surface area contributed by atoms with E-state index in [4.69, 9.17) is 0 Å². The van der Waals surface area contributed by atoms with Crippen molar-refractivity contribution in [2.45, 2.75) is 6.92 Å². The second kappa shape index (κ2) is 6.00. The third-order valence-electron chi connectivity index (χ3n) is 2.19. The Labute approximate surface area is 118 Å². The topological polar surface area (TPSA) is 26.0 Å². The zero-order valence-electron chi connectivity index (χ0n) is 8.72. The van der Waals surface area contributed by atoms with Gasteiger partial charge >= 0.3 is 0 Å². The molecule has 15 heavy (non-hydrogen) atoms. The van der Waals surface area contributed by atoms with Crippen LogP contribution in [0.5, 0.6) is 0 Å². The summed E-state index contributed by atoms with van der Waals surface area (Å²) < 4.78 is 2.71. The number of hydrogen-bond acceptors (Lipinski definition) is 1. The highest BCUT2D eigenvalue weighted by molar-refractivity contribution is 14.1. The Morgan fingerprint density at radius 2 is 1.67 bits per heavy atom. The van der Waals surface area contributed by atoms with Gasteiger partial charge in [-0.15, -0.1) is 0 Å². The van der Waals surface area contributed by atoms with Crippen molar-refractivity contribution in [1.29, 1.82) is 0 Å². The predicted molar refractivity (Wildman–Crippen MR) is 84.2 cm³/mol. The molecule has 0 aliphatic rings. The molecule has 2 rings (SSSR count). The Bertz CT molecular complexity index is 466. The Hall–Kier alpha value is 0.120. The smallest absolute Gasteiger partial charge is 0.0299 e. The largest absolute Gasteiger partial charge is 0.333 e. The number of fused-ring (bicyclic) bond motifs is 1. The molecule has 2 N–H and O–H groups in total. The van der Waals surface area contributed by atoms with Crippen molar-refractivity contribution in [3.63, 3.8) is 0 Å². The van der Waals surface area contributed by atoms with Crippen LogP contribution in [0.1, 0.15) is 5.56 Å². The predicted octanol–water partition coefficient (Wildman–Crippen LogP) is 3.93. The molecule has 1 nitrogen and oxygen atoms in total. The van der Waals surface area contributed by atoms with Gasteiger partial charge in [0.15, 0.2) is 0 Å². The molecule has 0 aliphatic heterocycles. The number of nitrogens with two attached hydrogens (primary N) is 1. The molecule has 0 fully saturated rings. The van der Waals surface area contributed by atoms with Crippen molar-refractivity contribution >= 4 is 56.0 Å². The van der Waals surface area contributed by atoms with Gasteiger partial charge in [0.1, 0.15) is 0 Å². The first-order valence-corrected chi connectivity index (χ1v) is 6.77. The summed E-state index contributed by atoms with van der Waals surface area (Å²) in [6.45, 7) is 2.19. The molecule has 80 valence electrons. The maximum Gasteiger partial charge on any atom is 0.0299 e. The van der Waals surface area contributed by atoms with Crippen LogP contribution in [-0.2, 0) is 0 Å². The summed E-state index contributed by atoms with van der Waals surface area (Å²) in [5, 5.41) is 2.71. The Morgan fingerprint density at radius 3 is 2.33 bits per heavy atom. The fraction of sp³-hybridized carbons (Fsp3) is 0.167. The Kier molecular flexibility index (Phi) is 5.28. The van der Waals surface area contributed by atoms with Crippen LogP contribution >= 0.6 is 45.2 Å². The highest BCUT2D eigenvalue weighted by atomic mass is 127. The van der Waals surface area contributed by atoms with Gasteiger partial charge in [-0.05, 0) is 81.6 Å². The van der Waals surface area contributed by atoms with E-state index in [1.165, 1.54) is 30.5 Å². The zero-order chi connectivity index (χ0) is 11.4. The van der Waals surface area contributed by atoms with Gasteiger partial charge in [-0.25, -0.2) is 0 Å². The van der Waals surface area contributed by atoms with Gasteiger partial charge in [0.05, 0.1) is 0 Å². The summed E-state index contributed by atoms with van der Waals surface area (Å²) in [5.41, 5.74) is 5.89. The molecule has 0 radical (unpaired) electrons. The average molecular weight is 425 g/mol. The van der Waals surface area contributed by atoms with Gasteiger partial charge in [-0.1, -0.05) is 24.3 Å². The molecule has 0 unspecified atom stereocenters. The summed E-state index contributed by atoms with van der Waals surface area (Å²) in [4.78, 5) is 0. The van der Waals surface area contributed by atoms with Gasteiger partial charge < -0.3 is 5.73 Å². The van der Waals surface area contributed by atoms with Crippen molar-refractivity contribution in [2.75, 3.05) is 7.05 Å². The van der Waals surface area contributed by atoms with E-state index in [1.54, 1.807) is 0 Å². The van der Waals surface area contributed by atoms with Crippen LogP contribution in [0, 0.1) is 14.1 Å². The molecule has 0 saturated heterocycles. The first kappa shape index (κ1) is 13.2. The van der Waals surface area contributed by atoms with Crippen LogP contribution in [0.4, 0.5) is 0 Å². The second-order valence-corrected chi connectivity index (χ2v) is 5.26. The lowest BCUT2D eigenvalue weighted by Crippen LogP contribution is -1.87. The van der Waals surface area contributed by atoms with Crippen LogP contribution in [-0.4, -0.2) is 7.05 Å². The van der Waals surface area contributed by atoms with Gasteiger partial charge in [0, 0.05) is 7.14 Å². The van der Waals surface area contributed by atoms with Crippen LogP contribution < -0.4 is 5.73 Å². The van der Waals surface area contributed by atoms with Crippen LogP contribution in [0.3, 0.4) is 0 Å². The first-order chi connectivity index (χ1) is 7.20. The summed E-state index contributed by atoms with van der Waals surface area (Å²) in [6.07, 6.45) is 0. The molecule has 0 aromatic heterocycles. The van der Waals surface area contributed by atoms with Gasteiger partial charge in [0.25, 0.3) is 0 Å². The fourth-order valence-corrected chi connectivity index (χ4v) is 2.65. The summed E-state index contributed by atoms with van der Waals surface area (Å²) in [5.74, 6) is 0. The maximum atomic E-state index is 4.50. The minimum Gasteiger partial charge on any atom is -0.333 e. The number of benzene rings is 2. The maximum absolute atomic E-state index is 4.50. The van der Waals surface area contributed by atoms with Crippen molar-refractivity contribution in [3.05, 3.63) is 43.0 Å². The van der Waals surface area contributed by atoms with E-state index in [-0.39, 0.29) is 0 Å². The molecular formula is C12H13I2N. The molecule has 0 saturated carbocycles. The van der Waals surface area contributed by atoms with Crippen molar-refractivity contribution in [3.8, 4) is 0 Å². The monoisotopic (exact) mass is 425 g/mol. The van der Waals surface area contributed by atoms with Gasteiger partial charge in [-0.2, -0.15) is 0 Å². The van der Waals surface area contributed by atoms with Crippen molar-refractivity contribution < 1.29 is 0 Å². The number of halogens is 2. The van der Waals surface area contributed by atoms with Crippen molar-refractivity contribution in [2.24, 2.45) is 5.73 Å². The highest BCUT2D eigenvalue weighted by Crippen LogP contribution is 2.27. The van der Waals surface area contributed by atoms with Crippen molar-refractivity contribution in [1.82, 2.24) is 0 Å². The minimum atomic E-state index is 1.34. The Balaban J connectivity index is 0.000000531. The van der Waals surface area contributed by atoms with Crippen LogP contribution in [0.15, 0.2) is 30.3 Å². The van der Waals surface area contributed by atoms with E-state index >= 15 is 0 Å². The summed E-state index contributed by atoms with van der Waals surface area (Å²) in [6, 6.07) is 10.8. The second-order valence-electron chi connectivity index (χ2n) is 3.02. The molecule has 0 bridgehead atoms. The average Bonchev–Trinajstić information content (AvgIpc) is 2.29. The number of aryl methyl sites for hydroxylation is 1. The highest BCUT2D eigenvalue weighted by Gasteiger charge is 2.04. The third kappa shape index (κ3) is 2.82. The van der Waals surface area contributed by atoms with Gasteiger partial charge in [0.2, 0.25) is 0 Å². The molecule has 3 heteroatoms. The summed E-state index contributed by atoms with van der Waals surface area (Å²) >= 11 is 4.80. The molecule has 0 amide bonds. The molecule has 0 heterocycles. The lowest BCUT2D eigenvalue weighted by Gasteiger charge is -2.06. The summed E-state index contributed by atoms with van der Waals surface area (Å²) in [7, 11) is 1.50. The molecular weight excluding hydrogens is 412 g/mol. The lowest BCUT2D eigenvalue weighted by atomic mass is 10.1. The normalized spacial score (nSPS) is 9.67. The molecule has 0 spiro atoms. The van der Waals surface area contributed by atoms with Gasteiger partial charge in [-0.3, -0.25) is 0 Å². The van der Waals surface area contributed by atoms with E-state index in [9.17, 15) is 0 Å². The minimum absolute atomic E-state index is 1.34. The quantitative estimate of drug-likeness (QED) is 0.637. The van der Waals surface area contributed by atoms with Crippen LogP contribution in [0.25, 0.3) is 10.8 Å². The van der Waals surface area contributed by atoms with Crippen LogP contribution in [0.2, 0.25) is 0 Å². The van der Waals surface area contributed by atoms with E-state index in [0.717, 1.165) is 0 Å². The molecule has 2 aromatic carbocycles. The number of rotatable bonds is 0. The fourth-order valence-electron chi connectivity index (χ4n) is 1.46. The van der Waals surface area contributed by atoms with E-state index < -0.39 is 0 Å². The lowest BCUT2D eigenvalue weighted by molar-refractivity contribution is 1.45. The van der Waals surface area contributed by atoms with E-state index in [0.29, 0.717) is 0 Å². The number of hydrogen-bond donors (Lipinski definition) is 1. The standard InChI is InChI=1S/C11H8I2.CH5N/c1-7-9-5-3-2-4-8(9)6-10(12)11(7)13;1-2/h2-6H,1H3;2H2,1H3.